The summed E-state index contributed by atoms with van der Waals surface area (Å²) in [6.07, 6.45) is 2.01. The molecule has 2 aliphatic rings. The van der Waals surface area contributed by atoms with Crippen molar-refractivity contribution >= 4 is 5.91 Å². The molecule has 1 aromatic carbocycles. The van der Waals surface area contributed by atoms with Gasteiger partial charge in [-0.25, -0.2) is 0 Å². The Balaban J connectivity index is 1.36. The van der Waals surface area contributed by atoms with Crippen molar-refractivity contribution in [1.29, 1.82) is 0 Å². The number of carbonyl (C=O) groups is 1. The number of morpholine rings is 1. The molecule has 1 amide bonds. The molecule has 2 fully saturated rings. The highest BCUT2D eigenvalue weighted by Crippen LogP contribution is 2.25. The molecule has 0 spiro atoms. The van der Waals surface area contributed by atoms with Crippen LogP contribution in [-0.4, -0.2) is 66.3 Å². The van der Waals surface area contributed by atoms with Gasteiger partial charge >= 0.3 is 0 Å². The second kappa shape index (κ2) is 8.23. The molecule has 2 aromatic rings. The van der Waals surface area contributed by atoms with Gasteiger partial charge < -0.3 is 14.2 Å². The van der Waals surface area contributed by atoms with Crippen LogP contribution in [0.25, 0.3) is 0 Å². The number of hydrogen-bond donors (Lipinski definition) is 0. The average Bonchev–Trinajstić information content (AvgIpc) is 3.24. The third-order valence-corrected chi connectivity index (χ3v) is 5.80. The van der Waals surface area contributed by atoms with E-state index in [4.69, 9.17) is 9.26 Å². The van der Waals surface area contributed by atoms with Gasteiger partial charge in [0.15, 0.2) is 0 Å². The minimum absolute atomic E-state index is 0.0468. The molecule has 1 aromatic heterocycles. The number of likely N-dealkylation sites (tertiary alicyclic amines) is 1. The van der Waals surface area contributed by atoms with Crippen LogP contribution in [0.15, 0.2) is 40.9 Å². The second-order valence-electron chi connectivity index (χ2n) is 7.42. The molecule has 27 heavy (non-hydrogen) atoms. The van der Waals surface area contributed by atoms with Crippen molar-refractivity contribution in [3.8, 4) is 0 Å². The molecular weight excluding hydrogens is 342 g/mol. The van der Waals surface area contributed by atoms with Gasteiger partial charge in [0.1, 0.15) is 0 Å². The monoisotopic (exact) mass is 369 g/mol. The fraction of sp³-hybridized carbons (Fsp3) is 0.524. The predicted octanol–water partition coefficient (Wildman–Crippen LogP) is 2.76. The van der Waals surface area contributed by atoms with Gasteiger partial charge in [-0.2, -0.15) is 0 Å². The zero-order valence-electron chi connectivity index (χ0n) is 15.8. The van der Waals surface area contributed by atoms with Crippen LogP contribution < -0.4 is 0 Å². The van der Waals surface area contributed by atoms with E-state index in [2.05, 4.69) is 29.1 Å². The summed E-state index contributed by atoms with van der Waals surface area (Å²) in [5, 5.41) is 4.15. The molecule has 1 unspecified atom stereocenters. The molecule has 1 atom stereocenters. The summed E-state index contributed by atoms with van der Waals surface area (Å²) < 4.78 is 10.8. The Kier molecular flexibility index (Phi) is 5.55. The molecule has 0 N–H and O–H groups in total. The standard InChI is InChI=1S/C21H27N3O3/c1-16(17-5-3-2-4-6-17)19-15-20(27-22-19)21(25)24-9-7-18(8-10-24)23-11-13-26-14-12-23/h2-6,15-16,18H,7-14H2,1H3. The molecule has 144 valence electrons. The molecule has 4 rings (SSSR count). The Hall–Kier alpha value is -2.18. The van der Waals surface area contributed by atoms with E-state index in [0.29, 0.717) is 11.8 Å². The van der Waals surface area contributed by atoms with Crippen molar-refractivity contribution < 1.29 is 14.1 Å². The lowest BCUT2D eigenvalue weighted by Gasteiger charge is -2.39. The summed E-state index contributed by atoms with van der Waals surface area (Å²) in [4.78, 5) is 17.2. The molecule has 0 radical (unpaired) electrons. The van der Waals surface area contributed by atoms with Crippen LogP contribution in [0.5, 0.6) is 0 Å². The predicted molar refractivity (Wildman–Crippen MR) is 102 cm³/mol. The van der Waals surface area contributed by atoms with Crippen molar-refractivity contribution in [2.24, 2.45) is 0 Å². The van der Waals surface area contributed by atoms with Crippen LogP contribution in [0.1, 0.15) is 47.5 Å². The smallest absolute Gasteiger partial charge is 0.292 e. The Bertz CT molecular complexity index is 747. The SMILES string of the molecule is CC(c1ccccc1)c1cc(C(=O)N2CCC(N3CCOCC3)CC2)on1. The first-order valence-corrected chi connectivity index (χ1v) is 9.85. The van der Waals surface area contributed by atoms with Gasteiger partial charge in [0.05, 0.1) is 18.9 Å². The maximum absolute atomic E-state index is 12.8. The van der Waals surface area contributed by atoms with Gasteiger partial charge in [0.2, 0.25) is 5.76 Å². The molecule has 3 heterocycles. The van der Waals surface area contributed by atoms with E-state index in [1.54, 1.807) is 6.07 Å². The number of amides is 1. The first-order chi connectivity index (χ1) is 13.2. The normalized spacial score (nSPS) is 20.6. The minimum atomic E-state index is -0.0468. The minimum Gasteiger partial charge on any atom is -0.379 e. The van der Waals surface area contributed by atoms with Gasteiger partial charge in [-0.3, -0.25) is 9.69 Å². The number of aromatic nitrogens is 1. The molecule has 2 saturated heterocycles. The zero-order valence-corrected chi connectivity index (χ0v) is 15.8. The van der Waals surface area contributed by atoms with Gasteiger partial charge in [-0.15, -0.1) is 0 Å². The fourth-order valence-corrected chi connectivity index (χ4v) is 4.04. The number of nitrogens with zero attached hydrogens (tertiary/aromatic N) is 3. The highest BCUT2D eigenvalue weighted by atomic mass is 16.5. The topological polar surface area (TPSA) is 58.8 Å². The van der Waals surface area contributed by atoms with E-state index in [9.17, 15) is 4.79 Å². The van der Waals surface area contributed by atoms with Crippen molar-refractivity contribution in [1.82, 2.24) is 15.0 Å². The van der Waals surface area contributed by atoms with Crippen molar-refractivity contribution in [2.75, 3.05) is 39.4 Å². The van der Waals surface area contributed by atoms with Crippen molar-refractivity contribution in [2.45, 2.75) is 31.7 Å². The van der Waals surface area contributed by atoms with Gasteiger partial charge in [0, 0.05) is 44.2 Å². The first kappa shape index (κ1) is 18.2. The van der Waals surface area contributed by atoms with E-state index in [-0.39, 0.29) is 11.8 Å². The third-order valence-electron chi connectivity index (χ3n) is 5.80. The lowest BCUT2D eigenvalue weighted by Crippen LogP contribution is -2.50. The number of hydrogen-bond acceptors (Lipinski definition) is 5. The number of carbonyl (C=O) groups excluding carboxylic acids is 1. The van der Waals surface area contributed by atoms with E-state index < -0.39 is 0 Å². The van der Waals surface area contributed by atoms with Crippen molar-refractivity contribution in [3.05, 3.63) is 53.4 Å². The largest absolute Gasteiger partial charge is 0.379 e. The van der Waals surface area contributed by atoms with Crippen LogP contribution in [-0.2, 0) is 4.74 Å². The molecule has 2 aliphatic heterocycles. The summed E-state index contributed by atoms with van der Waals surface area (Å²) >= 11 is 0. The maximum Gasteiger partial charge on any atom is 0.292 e. The Morgan fingerprint density at radius 1 is 1.11 bits per heavy atom. The Labute approximate surface area is 160 Å². The fourth-order valence-electron chi connectivity index (χ4n) is 4.04. The lowest BCUT2D eigenvalue weighted by atomic mass is 9.98. The average molecular weight is 369 g/mol. The molecule has 0 aliphatic carbocycles. The van der Waals surface area contributed by atoms with Crippen LogP contribution in [0.3, 0.4) is 0 Å². The lowest BCUT2D eigenvalue weighted by molar-refractivity contribution is 0.00119. The molecular formula is C21H27N3O3. The highest BCUT2D eigenvalue weighted by Gasteiger charge is 2.30. The maximum atomic E-state index is 12.8. The summed E-state index contributed by atoms with van der Waals surface area (Å²) in [6, 6.07) is 12.5. The number of ether oxygens (including phenoxy) is 1. The van der Waals surface area contributed by atoms with Crippen LogP contribution >= 0.6 is 0 Å². The summed E-state index contributed by atoms with van der Waals surface area (Å²) in [6.45, 7) is 7.26. The van der Waals surface area contributed by atoms with Crippen LogP contribution in [0, 0.1) is 0 Å². The van der Waals surface area contributed by atoms with E-state index in [0.717, 1.165) is 63.5 Å². The zero-order chi connectivity index (χ0) is 18.6. The second-order valence-corrected chi connectivity index (χ2v) is 7.42. The van der Waals surface area contributed by atoms with E-state index in [1.165, 1.54) is 0 Å². The third kappa shape index (κ3) is 4.06. The number of benzene rings is 1. The Morgan fingerprint density at radius 3 is 2.52 bits per heavy atom. The Morgan fingerprint density at radius 2 is 1.81 bits per heavy atom. The highest BCUT2D eigenvalue weighted by molar-refractivity contribution is 5.91. The summed E-state index contributed by atoms with van der Waals surface area (Å²) in [5.41, 5.74) is 1.96. The van der Waals surface area contributed by atoms with Gasteiger partial charge in [0.25, 0.3) is 5.91 Å². The van der Waals surface area contributed by atoms with Crippen molar-refractivity contribution in [3.63, 3.8) is 0 Å². The van der Waals surface area contributed by atoms with E-state index >= 15 is 0 Å². The van der Waals surface area contributed by atoms with Gasteiger partial charge in [-0.05, 0) is 18.4 Å². The molecule has 6 nitrogen and oxygen atoms in total. The summed E-state index contributed by atoms with van der Waals surface area (Å²) in [7, 11) is 0. The number of piperidine rings is 1. The quantitative estimate of drug-likeness (QED) is 0.829. The van der Waals surface area contributed by atoms with Crippen LogP contribution in [0.2, 0.25) is 0 Å². The molecule has 0 saturated carbocycles. The number of rotatable bonds is 4. The molecule has 0 bridgehead atoms. The summed E-state index contributed by atoms with van der Waals surface area (Å²) in [5.74, 6) is 0.399. The van der Waals surface area contributed by atoms with E-state index in [1.807, 2.05) is 23.1 Å². The molecule has 6 heteroatoms. The van der Waals surface area contributed by atoms with Gasteiger partial charge in [-0.1, -0.05) is 42.4 Å². The van der Waals surface area contributed by atoms with Crippen LogP contribution in [0.4, 0.5) is 0 Å². The first-order valence-electron chi connectivity index (χ1n) is 9.85.